The highest BCUT2D eigenvalue weighted by molar-refractivity contribution is 7.09. The SMILES string of the molecule is Cc1c[c]cnc1Nc1nc(-c2ccc(OC(C)C)cn2)ns1. The Morgan fingerprint density at radius 1 is 1.26 bits per heavy atom. The quantitative estimate of drug-likeness (QED) is 0.772. The minimum Gasteiger partial charge on any atom is -0.489 e. The molecule has 0 saturated heterocycles. The van der Waals surface area contributed by atoms with Gasteiger partial charge in [0.2, 0.25) is 5.13 Å². The molecule has 117 valence electrons. The van der Waals surface area contributed by atoms with Gasteiger partial charge in [-0.05, 0) is 44.5 Å². The van der Waals surface area contributed by atoms with Crippen molar-refractivity contribution in [2.45, 2.75) is 26.9 Å². The zero-order valence-electron chi connectivity index (χ0n) is 13.1. The first-order chi connectivity index (χ1) is 11.1. The molecule has 3 rings (SSSR count). The summed E-state index contributed by atoms with van der Waals surface area (Å²) in [7, 11) is 0. The summed E-state index contributed by atoms with van der Waals surface area (Å²) in [5.74, 6) is 2.06. The molecule has 7 heteroatoms. The van der Waals surface area contributed by atoms with Crippen LogP contribution in [-0.4, -0.2) is 25.4 Å². The molecule has 0 atom stereocenters. The summed E-state index contributed by atoms with van der Waals surface area (Å²) in [5.41, 5.74) is 1.70. The molecule has 3 aromatic rings. The molecular formula is C16H16N5OS. The van der Waals surface area contributed by atoms with Crippen molar-refractivity contribution in [1.29, 1.82) is 0 Å². The third-order valence-electron chi connectivity index (χ3n) is 2.93. The van der Waals surface area contributed by atoms with Gasteiger partial charge in [-0.1, -0.05) is 0 Å². The van der Waals surface area contributed by atoms with Crippen molar-refractivity contribution in [3.8, 4) is 17.3 Å². The van der Waals surface area contributed by atoms with Gasteiger partial charge >= 0.3 is 0 Å². The minimum absolute atomic E-state index is 0.120. The summed E-state index contributed by atoms with van der Waals surface area (Å²) in [4.78, 5) is 13.0. The highest BCUT2D eigenvalue weighted by Gasteiger charge is 2.10. The van der Waals surface area contributed by atoms with Crippen LogP contribution < -0.4 is 10.1 Å². The number of aromatic nitrogens is 4. The summed E-state index contributed by atoms with van der Waals surface area (Å²) in [5, 5.41) is 3.83. The molecule has 1 radical (unpaired) electrons. The molecule has 0 bridgehead atoms. The summed E-state index contributed by atoms with van der Waals surface area (Å²) >= 11 is 1.27. The number of hydrogen-bond acceptors (Lipinski definition) is 7. The van der Waals surface area contributed by atoms with Crippen molar-refractivity contribution >= 4 is 22.5 Å². The summed E-state index contributed by atoms with van der Waals surface area (Å²) in [6.45, 7) is 5.92. The molecule has 0 spiro atoms. The fourth-order valence-electron chi connectivity index (χ4n) is 1.90. The maximum atomic E-state index is 5.58. The van der Waals surface area contributed by atoms with Crippen LogP contribution in [-0.2, 0) is 0 Å². The number of aryl methyl sites for hydroxylation is 1. The monoisotopic (exact) mass is 326 g/mol. The number of nitrogens with zero attached hydrogens (tertiary/aromatic N) is 4. The molecule has 0 aliphatic heterocycles. The molecular weight excluding hydrogens is 310 g/mol. The van der Waals surface area contributed by atoms with Gasteiger partial charge in [-0.15, -0.1) is 0 Å². The summed E-state index contributed by atoms with van der Waals surface area (Å²) in [6, 6.07) is 8.52. The highest BCUT2D eigenvalue weighted by atomic mass is 32.1. The van der Waals surface area contributed by atoms with Crippen LogP contribution in [0.3, 0.4) is 0 Å². The number of anilines is 2. The van der Waals surface area contributed by atoms with Crippen LogP contribution >= 0.6 is 11.5 Å². The Labute approximate surface area is 138 Å². The van der Waals surface area contributed by atoms with Crippen molar-refractivity contribution in [3.63, 3.8) is 0 Å². The third-order valence-corrected chi connectivity index (χ3v) is 3.56. The van der Waals surface area contributed by atoms with Crippen LogP contribution in [0.2, 0.25) is 0 Å². The minimum atomic E-state index is 0.120. The fourth-order valence-corrected chi connectivity index (χ4v) is 2.48. The third kappa shape index (κ3) is 3.81. The summed E-state index contributed by atoms with van der Waals surface area (Å²) < 4.78 is 9.91. The molecule has 0 fully saturated rings. The maximum Gasteiger partial charge on any atom is 0.208 e. The molecule has 0 unspecified atom stereocenters. The predicted molar refractivity (Wildman–Crippen MR) is 90.0 cm³/mol. The molecule has 0 amide bonds. The lowest BCUT2D eigenvalue weighted by Crippen LogP contribution is -2.05. The van der Waals surface area contributed by atoms with E-state index in [-0.39, 0.29) is 6.10 Å². The van der Waals surface area contributed by atoms with Crippen LogP contribution in [0.15, 0.2) is 30.6 Å². The van der Waals surface area contributed by atoms with E-state index in [1.165, 1.54) is 11.5 Å². The van der Waals surface area contributed by atoms with E-state index in [1.807, 2.05) is 39.0 Å². The Morgan fingerprint density at radius 3 is 2.83 bits per heavy atom. The lowest BCUT2D eigenvalue weighted by Gasteiger charge is -2.08. The number of pyridine rings is 2. The van der Waals surface area contributed by atoms with Crippen molar-refractivity contribution in [2.75, 3.05) is 5.32 Å². The first-order valence-corrected chi connectivity index (χ1v) is 7.95. The van der Waals surface area contributed by atoms with Gasteiger partial charge in [0.25, 0.3) is 0 Å². The van der Waals surface area contributed by atoms with Gasteiger partial charge in [0.05, 0.1) is 12.3 Å². The molecule has 0 aliphatic carbocycles. The Hall–Kier alpha value is -2.54. The van der Waals surface area contributed by atoms with Crippen molar-refractivity contribution in [1.82, 2.24) is 19.3 Å². The Bertz CT molecular complexity index is 785. The molecule has 0 aromatic carbocycles. The fraction of sp³-hybridized carbons (Fsp3) is 0.250. The smallest absolute Gasteiger partial charge is 0.208 e. The van der Waals surface area contributed by atoms with Gasteiger partial charge in [0.15, 0.2) is 5.82 Å². The Kier molecular flexibility index (Phi) is 4.47. The first-order valence-electron chi connectivity index (χ1n) is 7.18. The van der Waals surface area contributed by atoms with E-state index in [0.29, 0.717) is 16.6 Å². The highest BCUT2D eigenvalue weighted by Crippen LogP contribution is 2.24. The van der Waals surface area contributed by atoms with E-state index in [9.17, 15) is 0 Å². The van der Waals surface area contributed by atoms with Crippen molar-refractivity contribution in [2.24, 2.45) is 0 Å². The second-order valence-electron chi connectivity index (χ2n) is 5.19. The maximum absolute atomic E-state index is 5.58. The van der Waals surface area contributed by atoms with Gasteiger partial charge in [-0.25, -0.2) is 9.97 Å². The van der Waals surface area contributed by atoms with E-state index < -0.39 is 0 Å². The molecule has 3 aromatic heterocycles. The second-order valence-corrected chi connectivity index (χ2v) is 5.95. The second kappa shape index (κ2) is 6.70. The molecule has 0 aliphatic rings. The molecule has 3 heterocycles. The van der Waals surface area contributed by atoms with Gasteiger partial charge < -0.3 is 10.1 Å². The van der Waals surface area contributed by atoms with E-state index in [4.69, 9.17) is 4.74 Å². The zero-order valence-corrected chi connectivity index (χ0v) is 13.9. The lowest BCUT2D eigenvalue weighted by atomic mass is 10.3. The Balaban J connectivity index is 1.75. The standard InChI is InChI=1S/C16H16N5OS/c1-10(2)22-12-6-7-13(18-9-12)15-20-16(23-21-15)19-14-11(3)5-4-8-17-14/h5-10H,1-3H3,(H,17,19,20,21). The first kappa shape index (κ1) is 15.4. The summed E-state index contributed by atoms with van der Waals surface area (Å²) in [6.07, 6.45) is 3.42. The van der Waals surface area contributed by atoms with Crippen molar-refractivity contribution in [3.05, 3.63) is 42.2 Å². The normalized spacial score (nSPS) is 10.8. The van der Waals surface area contributed by atoms with E-state index in [0.717, 1.165) is 17.1 Å². The van der Waals surface area contributed by atoms with Crippen LogP contribution in [0.4, 0.5) is 10.9 Å². The number of ether oxygens (including phenoxy) is 1. The van der Waals surface area contributed by atoms with Gasteiger partial charge in [0.1, 0.15) is 17.3 Å². The number of hydrogen-bond donors (Lipinski definition) is 1. The number of rotatable bonds is 5. The average Bonchev–Trinajstić information content (AvgIpc) is 2.98. The van der Waals surface area contributed by atoms with Gasteiger partial charge in [-0.3, -0.25) is 0 Å². The molecule has 23 heavy (non-hydrogen) atoms. The largest absolute Gasteiger partial charge is 0.489 e. The van der Waals surface area contributed by atoms with Gasteiger partial charge in [-0.2, -0.15) is 9.36 Å². The predicted octanol–water partition coefficient (Wildman–Crippen LogP) is 3.63. The van der Waals surface area contributed by atoms with Crippen LogP contribution in [0, 0.1) is 13.0 Å². The Morgan fingerprint density at radius 2 is 2.13 bits per heavy atom. The van der Waals surface area contributed by atoms with Crippen LogP contribution in [0.5, 0.6) is 5.75 Å². The van der Waals surface area contributed by atoms with Gasteiger partial charge in [0, 0.05) is 23.8 Å². The average molecular weight is 326 g/mol. The molecule has 1 N–H and O–H groups in total. The topological polar surface area (TPSA) is 72.8 Å². The van der Waals surface area contributed by atoms with Crippen LogP contribution in [0.25, 0.3) is 11.5 Å². The lowest BCUT2D eigenvalue weighted by molar-refractivity contribution is 0.241. The number of nitrogens with one attached hydrogen (secondary N) is 1. The zero-order chi connectivity index (χ0) is 16.2. The van der Waals surface area contributed by atoms with Crippen molar-refractivity contribution < 1.29 is 4.74 Å². The van der Waals surface area contributed by atoms with E-state index in [1.54, 1.807) is 12.4 Å². The van der Waals surface area contributed by atoms with E-state index >= 15 is 0 Å². The van der Waals surface area contributed by atoms with Crippen LogP contribution in [0.1, 0.15) is 19.4 Å². The molecule has 0 saturated carbocycles. The van der Waals surface area contributed by atoms with E-state index in [2.05, 4.69) is 30.7 Å². The molecule has 6 nitrogen and oxygen atoms in total.